The van der Waals surface area contributed by atoms with E-state index in [9.17, 15) is 9.90 Å². The van der Waals surface area contributed by atoms with Gasteiger partial charge in [0.1, 0.15) is 0 Å². The average molecular weight is 328 g/mol. The maximum absolute atomic E-state index is 12.7. The van der Waals surface area contributed by atoms with Gasteiger partial charge in [-0.25, -0.2) is 0 Å². The van der Waals surface area contributed by atoms with Crippen LogP contribution in [0.5, 0.6) is 0 Å². The molecule has 1 aromatic rings. The molecule has 4 heteroatoms. The number of nitrogens with one attached hydrogen (secondary N) is 1. The van der Waals surface area contributed by atoms with Gasteiger partial charge in [0.25, 0.3) is 0 Å². The minimum atomic E-state index is -0.727. The molecule has 2 atom stereocenters. The van der Waals surface area contributed by atoms with Crippen molar-refractivity contribution in [1.82, 2.24) is 10.2 Å². The molecule has 3 aliphatic rings. The fraction of sp³-hybridized carbons (Fsp3) is 0.650. The molecule has 1 saturated carbocycles. The zero-order valence-corrected chi connectivity index (χ0v) is 14.6. The van der Waals surface area contributed by atoms with Crippen LogP contribution in [0.15, 0.2) is 24.3 Å². The largest absolute Gasteiger partial charge is 0.388 e. The van der Waals surface area contributed by atoms with Gasteiger partial charge in [0.15, 0.2) is 0 Å². The molecular weight excluding hydrogens is 300 g/mol. The Balaban J connectivity index is 1.39. The lowest BCUT2D eigenvalue weighted by Gasteiger charge is -2.36. The minimum absolute atomic E-state index is 0.0777. The highest BCUT2D eigenvalue weighted by Gasteiger charge is 2.60. The van der Waals surface area contributed by atoms with Crippen molar-refractivity contribution in [2.24, 2.45) is 5.92 Å². The van der Waals surface area contributed by atoms with Crippen LogP contribution in [0.3, 0.4) is 0 Å². The number of piperidine rings is 1. The Morgan fingerprint density at radius 3 is 2.83 bits per heavy atom. The monoisotopic (exact) mass is 328 g/mol. The third-order valence-electron chi connectivity index (χ3n) is 6.52. The van der Waals surface area contributed by atoms with E-state index in [1.165, 1.54) is 17.5 Å². The standard InChI is InChI=1S/C20H28N2O2/c1-22-11-9-19(24,10-12-22)14-21-18(23)17-13-20(17)8-4-6-15-5-2-3-7-16(15)20/h2-3,5,7,17,24H,4,6,8-14H2,1H3,(H,21,23). The van der Waals surface area contributed by atoms with E-state index in [2.05, 4.69) is 41.5 Å². The third kappa shape index (κ3) is 2.76. The van der Waals surface area contributed by atoms with Gasteiger partial charge in [0, 0.05) is 31.0 Å². The summed E-state index contributed by atoms with van der Waals surface area (Å²) in [5, 5.41) is 13.7. The van der Waals surface area contributed by atoms with Gasteiger partial charge >= 0.3 is 0 Å². The number of hydrogen-bond donors (Lipinski definition) is 2. The van der Waals surface area contributed by atoms with Crippen LogP contribution in [0, 0.1) is 5.92 Å². The van der Waals surface area contributed by atoms with Crippen LogP contribution in [0.4, 0.5) is 0 Å². The molecule has 1 spiro atoms. The van der Waals surface area contributed by atoms with E-state index in [4.69, 9.17) is 0 Å². The molecule has 1 aromatic carbocycles. The molecule has 1 amide bonds. The van der Waals surface area contributed by atoms with Crippen molar-refractivity contribution in [1.29, 1.82) is 0 Å². The van der Waals surface area contributed by atoms with Crippen molar-refractivity contribution >= 4 is 5.91 Å². The summed E-state index contributed by atoms with van der Waals surface area (Å²) in [5.74, 6) is 0.230. The highest BCUT2D eigenvalue weighted by atomic mass is 16.3. The predicted octanol–water partition coefficient (Wildman–Crippen LogP) is 1.85. The number of carbonyl (C=O) groups excluding carboxylic acids is 1. The highest BCUT2D eigenvalue weighted by Crippen LogP contribution is 2.60. The Morgan fingerprint density at radius 1 is 1.29 bits per heavy atom. The number of likely N-dealkylation sites (tertiary alicyclic amines) is 1. The molecule has 4 rings (SSSR count). The number of rotatable bonds is 3. The molecule has 1 saturated heterocycles. The molecule has 0 bridgehead atoms. The highest BCUT2D eigenvalue weighted by molar-refractivity contribution is 5.84. The summed E-state index contributed by atoms with van der Waals surface area (Å²) in [6.45, 7) is 2.19. The van der Waals surface area contributed by atoms with Crippen molar-refractivity contribution in [3.8, 4) is 0 Å². The maximum atomic E-state index is 12.7. The average Bonchev–Trinajstić information content (AvgIpc) is 3.31. The number of hydrogen-bond acceptors (Lipinski definition) is 3. The molecular formula is C20H28N2O2. The molecule has 0 aromatic heterocycles. The van der Waals surface area contributed by atoms with Crippen LogP contribution in [0.2, 0.25) is 0 Å². The lowest BCUT2D eigenvalue weighted by molar-refractivity contribution is -0.124. The molecule has 2 unspecified atom stereocenters. The van der Waals surface area contributed by atoms with Crippen molar-refractivity contribution < 1.29 is 9.90 Å². The number of amides is 1. The fourth-order valence-corrected chi connectivity index (χ4v) is 4.76. The van der Waals surface area contributed by atoms with Crippen LogP contribution in [-0.2, 0) is 16.6 Å². The zero-order chi connectivity index (χ0) is 16.8. The van der Waals surface area contributed by atoms with Crippen LogP contribution in [0.1, 0.15) is 43.2 Å². The van der Waals surface area contributed by atoms with Gasteiger partial charge in [-0.1, -0.05) is 24.3 Å². The van der Waals surface area contributed by atoms with Gasteiger partial charge in [-0.15, -0.1) is 0 Å². The number of aryl methyl sites for hydroxylation is 1. The summed E-state index contributed by atoms with van der Waals surface area (Å²) >= 11 is 0. The third-order valence-corrected chi connectivity index (χ3v) is 6.52. The summed E-state index contributed by atoms with van der Waals surface area (Å²) in [7, 11) is 2.08. The van der Waals surface area contributed by atoms with Gasteiger partial charge in [0.05, 0.1) is 5.60 Å². The number of aliphatic hydroxyl groups is 1. The molecule has 1 aliphatic heterocycles. The van der Waals surface area contributed by atoms with Gasteiger partial charge < -0.3 is 15.3 Å². The van der Waals surface area contributed by atoms with Crippen molar-refractivity contribution in [2.45, 2.75) is 49.5 Å². The molecule has 2 N–H and O–H groups in total. The lowest BCUT2D eigenvalue weighted by atomic mass is 9.78. The van der Waals surface area contributed by atoms with Gasteiger partial charge in [0.2, 0.25) is 5.91 Å². The molecule has 1 heterocycles. The SMILES string of the molecule is CN1CCC(O)(CNC(=O)C2CC23CCCc2ccccc23)CC1. The second kappa shape index (κ2) is 5.85. The maximum Gasteiger partial charge on any atom is 0.224 e. The van der Waals surface area contributed by atoms with Gasteiger partial charge in [-0.3, -0.25) is 4.79 Å². The van der Waals surface area contributed by atoms with Crippen LogP contribution < -0.4 is 5.32 Å². The van der Waals surface area contributed by atoms with Crippen LogP contribution in [-0.4, -0.2) is 48.2 Å². The number of carbonyl (C=O) groups is 1. The zero-order valence-electron chi connectivity index (χ0n) is 14.6. The lowest BCUT2D eigenvalue weighted by Crippen LogP contribution is -2.50. The smallest absolute Gasteiger partial charge is 0.224 e. The van der Waals surface area contributed by atoms with E-state index < -0.39 is 5.60 Å². The van der Waals surface area contributed by atoms with Crippen molar-refractivity contribution in [3.05, 3.63) is 35.4 Å². The molecule has 2 fully saturated rings. The van der Waals surface area contributed by atoms with E-state index in [1.54, 1.807) is 0 Å². The molecule has 130 valence electrons. The summed E-state index contributed by atoms with van der Waals surface area (Å²) in [5.41, 5.74) is 2.17. The van der Waals surface area contributed by atoms with Crippen molar-refractivity contribution in [3.63, 3.8) is 0 Å². The molecule has 2 aliphatic carbocycles. The van der Waals surface area contributed by atoms with Gasteiger partial charge in [-0.05, 0) is 56.7 Å². The number of nitrogens with zero attached hydrogens (tertiary/aromatic N) is 1. The van der Waals surface area contributed by atoms with Crippen LogP contribution in [0.25, 0.3) is 0 Å². The topological polar surface area (TPSA) is 52.6 Å². The first kappa shape index (κ1) is 16.1. The fourth-order valence-electron chi connectivity index (χ4n) is 4.76. The van der Waals surface area contributed by atoms with E-state index in [0.29, 0.717) is 6.54 Å². The first-order valence-corrected chi connectivity index (χ1v) is 9.30. The Morgan fingerprint density at radius 2 is 2.04 bits per heavy atom. The molecule has 24 heavy (non-hydrogen) atoms. The predicted molar refractivity (Wildman–Crippen MR) is 93.9 cm³/mol. The van der Waals surface area contributed by atoms with E-state index >= 15 is 0 Å². The first-order valence-electron chi connectivity index (χ1n) is 9.30. The number of benzene rings is 1. The summed E-state index contributed by atoms with van der Waals surface area (Å²) < 4.78 is 0. The van der Waals surface area contributed by atoms with Crippen molar-refractivity contribution in [2.75, 3.05) is 26.7 Å². The van der Waals surface area contributed by atoms with Gasteiger partial charge in [-0.2, -0.15) is 0 Å². The Hall–Kier alpha value is -1.39. The van der Waals surface area contributed by atoms with E-state index in [1.807, 2.05) is 0 Å². The second-order valence-electron chi connectivity index (χ2n) is 8.17. The Kier molecular flexibility index (Phi) is 3.92. The molecule has 4 nitrogen and oxygen atoms in total. The summed E-state index contributed by atoms with van der Waals surface area (Å²) in [6, 6.07) is 8.63. The summed E-state index contributed by atoms with van der Waals surface area (Å²) in [4.78, 5) is 14.9. The second-order valence-corrected chi connectivity index (χ2v) is 8.17. The minimum Gasteiger partial charge on any atom is -0.388 e. The molecule has 0 radical (unpaired) electrons. The quantitative estimate of drug-likeness (QED) is 0.890. The normalized spacial score (nSPS) is 31.5. The Bertz CT molecular complexity index is 636. The van der Waals surface area contributed by atoms with Crippen LogP contribution >= 0.6 is 0 Å². The number of fused-ring (bicyclic) bond motifs is 2. The van der Waals surface area contributed by atoms with E-state index in [-0.39, 0.29) is 17.2 Å². The van der Waals surface area contributed by atoms with E-state index in [0.717, 1.165) is 45.2 Å². The Labute approximate surface area is 144 Å². The first-order chi connectivity index (χ1) is 11.5. The summed E-state index contributed by atoms with van der Waals surface area (Å²) in [6.07, 6.45) is 5.88.